The fourth-order valence-corrected chi connectivity index (χ4v) is 4.22. The van der Waals surface area contributed by atoms with Crippen LogP contribution in [0.15, 0.2) is 29.8 Å². The number of hydrogen-bond donors (Lipinski definition) is 2. The van der Waals surface area contributed by atoms with Gasteiger partial charge in [-0.2, -0.15) is 4.98 Å². The van der Waals surface area contributed by atoms with E-state index in [4.69, 9.17) is 10.5 Å². The predicted molar refractivity (Wildman–Crippen MR) is 115 cm³/mol. The number of carbonyl (C=O) groups excluding carboxylic acids is 1. The predicted octanol–water partition coefficient (Wildman–Crippen LogP) is 2.81. The van der Waals surface area contributed by atoms with Crippen molar-refractivity contribution < 1.29 is 9.53 Å². The summed E-state index contributed by atoms with van der Waals surface area (Å²) < 4.78 is 5.22. The Hall–Kier alpha value is -3.14. The number of rotatable bonds is 3. The minimum Gasteiger partial charge on any atom is -0.497 e. The second-order valence-corrected chi connectivity index (χ2v) is 7.91. The Morgan fingerprint density at radius 3 is 2.90 bits per heavy atom. The third-order valence-electron chi connectivity index (χ3n) is 5.04. The molecule has 1 saturated heterocycles. The minimum atomic E-state index is -0.141. The largest absolute Gasteiger partial charge is 0.497 e. The first-order chi connectivity index (χ1) is 14.0. The molecule has 0 aliphatic carbocycles. The molecular formula is C19H23N7O2S. The van der Waals surface area contributed by atoms with Crippen molar-refractivity contribution in [3.63, 3.8) is 0 Å². The van der Waals surface area contributed by atoms with Gasteiger partial charge in [-0.3, -0.25) is 0 Å². The van der Waals surface area contributed by atoms with E-state index < -0.39 is 0 Å². The Morgan fingerprint density at radius 2 is 2.10 bits per heavy atom. The van der Waals surface area contributed by atoms with Crippen LogP contribution >= 0.6 is 11.3 Å². The molecule has 0 bridgehead atoms. The van der Waals surface area contributed by atoms with Crippen LogP contribution in [0.5, 0.6) is 5.75 Å². The van der Waals surface area contributed by atoms with Crippen molar-refractivity contribution in [3.05, 3.63) is 29.8 Å². The highest BCUT2D eigenvalue weighted by Crippen LogP contribution is 2.30. The number of thiazole rings is 1. The molecule has 1 aliphatic heterocycles. The smallest absolute Gasteiger partial charge is 0.322 e. The monoisotopic (exact) mass is 413 g/mol. The maximum absolute atomic E-state index is 12.9. The van der Waals surface area contributed by atoms with Gasteiger partial charge >= 0.3 is 6.03 Å². The van der Waals surface area contributed by atoms with E-state index in [1.54, 1.807) is 18.7 Å². The lowest BCUT2D eigenvalue weighted by molar-refractivity contribution is 0.173. The molecule has 0 spiro atoms. The van der Waals surface area contributed by atoms with Gasteiger partial charge in [-0.05, 0) is 26.0 Å². The lowest BCUT2D eigenvalue weighted by Crippen LogP contribution is -2.59. The summed E-state index contributed by atoms with van der Waals surface area (Å²) in [5.41, 5.74) is 9.09. The first-order valence-corrected chi connectivity index (χ1v) is 10.2. The molecule has 2 atom stereocenters. The summed E-state index contributed by atoms with van der Waals surface area (Å²) >= 11 is 1.44. The molecule has 3 aromatic rings. The number of aromatic nitrogens is 3. The number of amides is 2. The number of piperazine rings is 1. The van der Waals surface area contributed by atoms with Crippen LogP contribution in [0, 0.1) is 0 Å². The van der Waals surface area contributed by atoms with Gasteiger partial charge in [0.1, 0.15) is 11.3 Å². The fraction of sp³-hybridized carbons (Fsp3) is 0.368. The normalized spacial score (nSPS) is 19.4. The Kier molecular flexibility index (Phi) is 5.10. The first-order valence-electron chi connectivity index (χ1n) is 9.31. The lowest BCUT2D eigenvalue weighted by Gasteiger charge is -2.44. The van der Waals surface area contributed by atoms with Crippen molar-refractivity contribution >= 4 is 45.2 Å². The van der Waals surface area contributed by atoms with E-state index >= 15 is 0 Å². The van der Waals surface area contributed by atoms with Crippen LogP contribution in [0.2, 0.25) is 0 Å². The van der Waals surface area contributed by atoms with Crippen molar-refractivity contribution in [1.29, 1.82) is 0 Å². The molecule has 152 valence electrons. The third kappa shape index (κ3) is 3.75. The van der Waals surface area contributed by atoms with Crippen molar-refractivity contribution in [2.24, 2.45) is 0 Å². The number of nitrogen functional groups attached to an aromatic ring is 1. The molecule has 0 saturated carbocycles. The molecule has 3 N–H and O–H groups in total. The molecule has 1 aliphatic rings. The molecule has 10 heteroatoms. The van der Waals surface area contributed by atoms with Crippen LogP contribution in [-0.4, -0.2) is 58.2 Å². The van der Waals surface area contributed by atoms with Crippen LogP contribution in [0.25, 0.3) is 10.3 Å². The van der Waals surface area contributed by atoms with Gasteiger partial charge in [-0.15, -0.1) is 11.3 Å². The summed E-state index contributed by atoms with van der Waals surface area (Å²) in [5, 5.41) is 2.96. The highest BCUT2D eigenvalue weighted by molar-refractivity contribution is 7.16. The summed E-state index contributed by atoms with van der Waals surface area (Å²) in [7, 11) is 1.60. The van der Waals surface area contributed by atoms with E-state index in [1.807, 2.05) is 30.0 Å². The summed E-state index contributed by atoms with van der Waals surface area (Å²) in [6, 6.07) is 7.20. The molecule has 0 unspecified atom stereocenters. The number of nitrogens with one attached hydrogen (secondary N) is 1. The standard InChI is InChI=1S/C19H23N7O2S/c1-11-9-26(19(27)22-13-5-4-6-14(7-13)28-3)12(2)8-25(11)16-15-17(29-10-21-15)24-18(20)23-16/h4-7,10-12H,8-9H2,1-3H3,(H,22,27)(H2,20,23,24)/t11-,12+/m0/s1. The molecule has 2 amide bonds. The number of methoxy groups -OCH3 is 1. The quantitative estimate of drug-likeness (QED) is 0.679. The van der Waals surface area contributed by atoms with Crippen molar-refractivity contribution in [2.45, 2.75) is 25.9 Å². The van der Waals surface area contributed by atoms with E-state index in [2.05, 4.69) is 32.1 Å². The van der Waals surface area contributed by atoms with Crippen LogP contribution in [0.3, 0.4) is 0 Å². The average Bonchev–Trinajstić information content (AvgIpc) is 3.17. The minimum absolute atomic E-state index is 0.0262. The van der Waals surface area contributed by atoms with Gasteiger partial charge in [0, 0.05) is 36.9 Å². The number of anilines is 3. The van der Waals surface area contributed by atoms with Crippen molar-refractivity contribution in [2.75, 3.05) is 36.1 Å². The Morgan fingerprint density at radius 1 is 1.28 bits per heavy atom. The topological polar surface area (TPSA) is 110 Å². The van der Waals surface area contributed by atoms with Gasteiger partial charge in [0.2, 0.25) is 5.95 Å². The van der Waals surface area contributed by atoms with Crippen LogP contribution in [0.1, 0.15) is 13.8 Å². The van der Waals surface area contributed by atoms with Gasteiger partial charge < -0.3 is 25.6 Å². The highest BCUT2D eigenvalue weighted by atomic mass is 32.1. The highest BCUT2D eigenvalue weighted by Gasteiger charge is 2.34. The molecule has 2 aromatic heterocycles. The number of hydrogen-bond acceptors (Lipinski definition) is 8. The van der Waals surface area contributed by atoms with Crippen molar-refractivity contribution in [3.8, 4) is 5.75 Å². The molecule has 9 nitrogen and oxygen atoms in total. The van der Waals surface area contributed by atoms with Gasteiger partial charge in [0.05, 0.1) is 12.6 Å². The second-order valence-electron chi connectivity index (χ2n) is 7.08. The number of nitrogens with zero attached hydrogens (tertiary/aromatic N) is 5. The molecule has 1 fully saturated rings. The van der Waals surface area contributed by atoms with Gasteiger partial charge in [-0.25, -0.2) is 14.8 Å². The third-order valence-corrected chi connectivity index (χ3v) is 5.76. The van der Waals surface area contributed by atoms with Gasteiger partial charge in [0.25, 0.3) is 0 Å². The zero-order valence-corrected chi connectivity index (χ0v) is 17.3. The first kappa shape index (κ1) is 19.2. The molecule has 3 heterocycles. The molecule has 29 heavy (non-hydrogen) atoms. The Bertz CT molecular complexity index is 1040. The average molecular weight is 414 g/mol. The SMILES string of the molecule is COc1cccc(NC(=O)N2C[C@H](C)N(c3nc(N)nc4scnc34)C[C@H]2C)c1. The van der Waals surface area contributed by atoms with Gasteiger partial charge in [0.15, 0.2) is 10.6 Å². The van der Waals surface area contributed by atoms with E-state index in [1.165, 1.54) is 11.3 Å². The van der Waals surface area contributed by atoms with E-state index in [9.17, 15) is 4.79 Å². The number of urea groups is 1. The van der Waals surface area contributed by atoms with Crippen LogP contribution < -0.4 is 20.7 Å². The summed E-state index contributed by atoms with van der Waals surface area (Å²) in [5.74, 6) is 1.65. The van der Waals surface area contributed by atoms with E-state index in [0.717, 1.165) is 16.2 Å². The lowest BCUT2D eigenvalue weighted by atomic mass is 10.1. The Balaban J connectivity index is 1.52. The molecule has 1 aromatic carbocycles. The summed E-state index contributed by atoms with van der Waals surface area (Å²) in [4.78, 5) is 30.8. The molecular weight excluding hydrogens is 390 g/mol. The number of ether oxygens (including phenoxy) is 1. The number of carbonyl (C=O) groups is 1. The van der Waals surface area contributed by atoms with E-state index in [0.29, 0.717) is 24.5 Å². The van der Waals surface area contributed by atoms with Crippen LogP contribution in [0.4, 0.5) is 22.2 Å². The summed E-state index contributed by atoms with van der Waals surface area (Å²) in [6.45, 7) is 5.25. The van der Waals surface area contributed by atoms with Gasteiger partial charge in [-0.1, -0.05) is 6.07 Å². The second kappa shape index (κ2) is 7.70. The van der Waals surface area contributed by atoms with E-state index in [-0.39, 0.29) is 24.1 Å². The maximum Gasteiger partial charge on any atom is 0.322 e. The van der Waals surface area contributed by atoms with Crippen molar-refractivity contribution in [1.82, 2.24) is 19.9 Å². The number of benzene rings is 1. The van der Waals surface area contributed by atoms with Crippen LogP contribution in [-0.2, 0) is 0 Å². The maximum atomic E-state index is 12.9. The molecule has 0 radical (unpaired) electrons. The zero-order chi connectivity index (χ0) is 20.5. The number of fused-ring (bicyclic) bond motifs is 1. The summed E-state index contributed by atoms with van der Waals surface area (Å²) in [6.07, 6.45) is 0. The zero-order valence-electron chi connectivity index (χ0n) is 16.5. The fourth-order valence-electron chi connectivity index (χ4n) is 3.56. The Labute approximate surface area is 172 Å². The number of nitrogens with two attached hydrogens (primary N) is 1. The molecule has 4 rings (SSSR count).